The van der Waals surface area contributed by atoms with Gasteiger partial charge in [0.05, 0.1) is 0 Å². The summed E-state index contributed by atoms with van der Waals surface area (Å²) in [7, 11) is 0. The fraction of sp³-hybridized carbons (Fsp3) is 0.143. The number of rotatable bonds is 0. The molecule has 0 radical (unpaired) electrons. The van der Waals surface area contributed by atoms with Gasteiger partial charge in [0.15, 0.2) is 0 Å². The van der Waals surface area contributed by atoms with E-state index in [1.54, 1.807) is 0 Å². The molecule has 0 N–H and O–H groups in total. The van der Waals surface area contributed by atoms with Crippen LogP contribution < -0.4 is 0 Å². The van der Waals surface area contributed by atoms with Gasteiger partial charge >= 0.3 is 6.30 Å². The van der Waals surface area contributed by atoms with E-state index in [0.29, 0.717) is 11.9 Å². The number of aromatic nitrogens is 3. The Kier molecular flexibility index (Phi) is 1.51. The molecule has 6 heteroatoms. The van der Waals surface area contributed by atoms with E-state index in [1.165, 1.54) is 18.5 Å². The van der Waals surface area contributed by atoms with Crippen LogP contribution >= 0.6 is 0 Å². The first-order valence-electron chi connectivity index (χ1n) is 3.43. The first-order valence-corrected chi connectivity index (χ1v) is 3.43. The molecule has 0 fully saturated rings. The molecule has 2 rings (SSSR count). The fourth-order valence-electron chi connectivity index (χ4n) is 1.06. The summed E-state index contributed by atoms with van der Waals surface area (Å²) in [4.78, 5) is 7.04. The summed E-state index contributed by atoms with van der Waals surface area (Å²) >= 11 is 0. The van der Waals surface area contributed by atoms with Gasteiger partial charge in [0.1, 0.15) is 12.2 Å². The summed E-state index contributed by atoms with van der Waals surface area (Å²) in [6.07, 6.45) is -1.11. The van der Waals surface area contributed by atoms with Crippen molar-refractivity contribution >= 4 is 0 Å². The van der Waals surface area contributed by atoms with Gasteiger partial charge < -0.3 is 0 Å². The molecule has 0 amide bonds. The van der Waals surface area contributed by atoms with Crippen LogP contribution in [0.1, 0.15) is 0 Å². The van der Waals surface area contributed by atoms with E-state index in [1.807, 2.05) is 0 Å². The largest absolute Gasteiger partial charge is 0.491 e. The molecule has 13 heavy (non-hydrogen) atoms. The van der Waals surface area contributed by atoms with Crippen molar-refractivity contribution in [3.8, 4) is 11.4 Å². The second kappa shape index (κ2) is 2.45. The van der Waals surface area contributed by atoms with Crippen LogP contribution in [0.2, 0.25) is 0 Å². The molecule has 3 nitrogen and oxygen atoms in total. The highest BCUT2D eigenvalue weighted by Crippen LogP contribution is 2.28. The number of fused-ring (bicyclic) bond motifs is 1. The van der Waals surface area contributed by atoms with Crippen LogP contribution in [-0.2, 0) is 6.30 Å². The zero-order chi connectivity index (χ0) is 9.47. The minimum Gasteiger partial charge on any atom is -0.246 e. The van der Waals surface area contributed by atoms with Crippen LogP contribution in [0.15, 0.2) is 24.8 Å². The standard InChI is InChI=1S/C7H4F3N3/c8-7(9,10)13-4-11-3-5-1-2-12-6(5)13/h1-4H. The molecule has 0 bridgehead atoms. The van der Waals surface area contributed by atoms with Gasteiger partial charge in [0, 0.05) is 18.0 Å². The van der Waals surface area contributed by atoms with Crippen molar-refractivity contribution in [3.63, 3.8) is 0 Å². The fourth-order valence-corrected chi connectivity index (χ4v) is 1.06. The third-order valence-corrected chi connectivity index (χ3v) is 1.61. The van der Waals surface area contributed by atoms with Crippen LogP contribution in [0.25, 0.3) is 11.4 Å². The lowest BCUT2D eigenvalue weighted by Gasteiger charge is -2.12. The summed E-state index contributed by atoms with van der Waals surface area (Å²) < 4.78 is 36.9. The van der Waals surface area contributed by atoms with Crippen LogP contribution in [-0.4, -0.2) is 14.5 Å². The minimum atomic E-state index is -4.46. The van der Waals surface area contributed by atoms with Crippen molar-refractivity contribution in [1.82, 2.24) is 14.5 Å². The number of hydrogen-bond donors (Lipinski definition) is 0. The van der Waals surface area contributed by atoms with Crippen molar-refractivity contribution in [2.45, 2.75) is 6.30 Å². The smallest absolute Gasteiger partial charge is 0.246 e. The molecule has 0 saturated heterocycles. The third-order valence-electron chi connectivity index (χ3n) is 1.61. The Morgan fingerprint density at radius 3 is 2.77 bits per heavy atom. The molecule has 0 aromatic heterocycles. The second-order valence-electron chi connectivity index (χ2n) is 2.46. The normalized spacial score (nSPS) is 12.2. The quantitative estimate of drug-likeness (QED) is 0.630. The Morgan fingerprint density at radius 2 is 2.08 bits per heavy atom. The van der Waals surface area contributed by atoms with E-state index >= 15 is 0 Å². The Labute approximate surface area is 71.2 Å². The maximum atomic E-state index is 12.3. The zero-order valence-corrected chi connectivity index (χ0v) is 6.28. The molecular weight excluding hydrogens is 183 g/mol. The highest BCUT2D eigenvalue weighted by atomic mass is 19.4. The maximum Gasteiger partial charge on any atom is 0.491 e. The summed E-state index contributed by atoms with van der Waals surface area (Å²) in [5.41, 5.74) is 0.375. The summed E-state index contributed by atoms with van der Waals surface area (Å²) in [5, 5.41) is 0. The van der Waals surface area contributed by atoms with E-state index in [9.17, 15) is 13.2 Å². The van der Waals surface area contributed by atoms with Gasteiger partial charge in [-0.15, -0.1) is 13.2 Å². The van der Waals surface area contributed by atoms with Gasteiger partial charge in [-0.3, -0.25) is 0 Å². The average molecular weight is 187 g/mol. The molecule has 68 valence electrons. The van der Waals surface area contributed by atoms with Crippen molar-refractivity contribution < 1.29 is 13.2 Å². The molecule has 2 aliphatic rings. The van der Waals surface area contributed by atoms with Gasteiger partial charge in [-0.25, -0.2) is 14.5 Å². The molecule has 2 aliphatic heterocycles. The molecule has 0 saturated carbocycles. The molecule has 0 atom stereocenters. The van der Waals surface area contributed by atoms with Gasteiger partial charge in [-0.05, 0) is 6.07 Å². The number of hydrogen-bond acceptors (Lipinski definition) is 2. The molecule has 0 aliphatic carbocycles. The summed E-state index contributed by atoms with van der Waals surface area (Å²) in [5.74, 6) is -0.123. The Morgan fingerprint density at radius 1 is 1.31 bits per heavy atom. The summed E-state index contributed by atoms with van der Waals surface area (Å²) in [6, 6.07) is 1.48. The van der Waals surface area contributed by atoms with Crippen molar-refractivity contribution in [3.05, 3.63) is 24.8 Å². The topological polar surface area (TPSA) is 30.7 Å². The first-order chi connectivity index (χ1) is 6.09. The van der Waals surface area contributed by atoms with Gasteiger partial charge in [0.2, 0.25) is 0 Å². The van der Waals surface area contributed by atoms with Gasteiger partial charge in [-0.2, -0.15) is 0 Å². The van der Waals surface area contributed by atoms with Crippen molar-refractivity contribution in [1.29, 1.82) is 0 Å². The maximum absolute atomic E-state index is 12.3. The van der Waals surface area contributed by atoms with E-state index < -0.39 is 6.30 Å². The number of alkyl halides is 3. The van der Waals surface area contributed by atoms with Crippen LogP contribution in [0, 0.1) is 0 Å². The van der Waals surface area contributed by atoms with Crippen LogP contribution in [0.4, 0.5) is 13.2 Å². The Balaban J connectivity index is 2.65. The van der Waals surface area contributed by atoms with Crippen molar-refractivity contribution in [2.75, 3.05) is 0 Å². The van der Waals surface area contributed by atoms with E-state index in [0.717, 1.165) is 0 Å². The lowest BCUT2D eigenvalue weighted by molar-refractivity contribution is -0.203. The average Bonchev–Trinajstić information content (AvgIpc) is 2.48. The third kappa shape index (κ3) is 1.24. The molecule has 0 aromatic rings. The molecule has 0 spiro atoms. The van der Waals surface area contributed by atoms with Gasteiger partial charge in [0.25, 0.3) is 0 Å². The highest BCUT2D eigenvalue weighted by Gasteiger charge is 2.33. The molecular formula is C7H4F3N3. The predicted molar refractivity (Wildman–Crippen MR) is 37.9 cm³/mol. The second-order valence-corrected chi connectivity index (χ2v) is 2.46. The minimum absolute atomic E-state index is 0.0856. The lowest BCUT2D eigenvalue weighted by atomic mass is 10.3. The van der Waals surface area contributed by atoms with E-state index in [2.05, 4.69) is 9.97 Å². The van der Waals surface area contributed by atoms with E-state index in [-0.39, 0.29) is 10.4 Å². The SMILES string of the molecule is FC(F)(F)n1cncc2ccnc1-2. The van der Waals surface area contributed by atoms with Crippen LogP contribution in [0.5, 0.6) is 0 Å². The highest BCUT2D eigenvalue weighted by molar-refractivity contribution is 5.55. The Hall–Kier alpha value is -1.59. The predicted octanol–water partition coefficient (Wildman–Crippen LogP) is 1.86. The lowest BCUT2D eigenvalue weighted by Crippen LogP contribution is -2.19. The van der Waals surface area contributed by atoms with Gasteiger partial charge in [-0.1, -0.05) is 0 Å². The monoisotopic (exact) mass is 187 g/mol. The zero-order valence-electron chi connectivity index (χ0n) is 6.28. The first kappa shape index (κ1) is 8.03. The van der Waals surface area contributed by atoms with E-state index in [4.69, 9.17) is 0 Å². The molecule has 0 aromatic carbocycles. The Bertz CT molecular complexity index is 392. The van der Waals surface area contributed by atoms with Crippen molar-refractivity contribution in [2.24, 2.45) is 0 Å². The number of halogens is 3. The number of nitrogens with zero attached hydrogens (tertiary/aromatic N) is 3. The summed E-state index contributed by atoms with van der Waals surface area (Å²) in [6.45, 7) is 0. The van der Waals surface area contributed by atoms with Crippen LogP contribution in [0.3, 0.4) is 0 Å². The molecule has 0 unspecified atom stereocenters. The molecule has 2 heterocycles.